The molecule has 2 heterocycles. The Kier molecular flexibility index (Phi) is 3.88. The topological polar surface area (TPSA) is 60.2 Å². The molecule has 2 aromatic heterocycles. The van der Waals surface area contributed by atoms with Crippen molar-refractivity contribution in [3.63, 3.8) is 0 Å². The molecule has 1 aromatic carbocycles. The third-order valence-corrected chi connectivity index (χ3v) is 3.33. The molecule has 0 aliphatic heterocycles. The number of ether oxygens (including phenoxy) is 1. The van der Waals surface area contributed by atoms with Gasteiger partial charge in [0.2, 0.25) is 5.88 Å². The summed E-state index contributed by atoms with van der Waals surface area (Å²) in [7, 11) is 1.45. The second kappa shape index (κ2) is 5.88. The number of pyridine rings is 1. The van der Waals surface area contributed by atoms with Crippen molar-refractivity contribution >= 4 is 0 Å². The van der Waals surface area contributed by atoms with Crippen LogP contribution >= 0.6 is 0 Å². The molecule has 0 spiro atoms. The van der Waals surface area contributed by atoms with Gasteiger partial charge in [-0.2, -0.15) is 13.2 Å². The van der Waals surface area contributed by atoms with Crippen molar-refractivity contribution in [1.29, 1.82) is 0 Å². The first-order chi connectivity index (χ1) is 11.4. The van der Waals surface area contributed by atoms with Gasteiger partial charge in [-0.05, 0) is 30.3 Å². The first kappa shape index (κ1) is 15.9. The molecular weight excluding hydrogens is 323 g/mol. The van der Waals surface area contributed by atoms with Gasteiger partial charge in [0.05, 0.1) is 7.11 Å². The van der Waals surface area contributed by atoms with Crippen LogP contribution in [0.5, 0.6) is 11.6 Å². The van der Waals surface area contributed by atoms with Crippen LogP contribution in [-0.2, 0) is 6.18 Å². The van der Waals surface area contributed by atoms with E-state index in [0.29, 0.717) is 17.1 Å². The minimum Gasteiger partial charge on any atom is -0.508 e. The third-order valence-electron chi connectivity index (χ3n) is 3.33. The van der Waals surface area contributed by atoms with Crippen LogP contribution in [0.15, 0.2) is 48.8 Å². The number of halogens is 3. The number of aromatic nitrogens is 3. The molecule has 0 aliphatic rings. The van der Waals surface area contributed by atoms with E-state index in [4.69, 9.17) is 4.74 Å². The summed E-state index contributed by atoms with van der Waals surface area (Å²) in [6.07, 6.45) is -2.28. The number of hydrogen-bond acceptors (Lipinski definition) is 4. The van der Waals surface area contributed by atoms with E-state index in [9.17, 15) is 18.3 Å². The van der Waals surface area contributed by atoms with E-state index in [0.717, 1.165) is 6.20 Å². The second-order valence-corrected chi connectivity index (χ2v) is 4.92. The number of phenols is 1. The number of rotatable bonds is 3. The lowest BCUT2D eigenvalue weighted by atomic mass is 10.2. The van der Waals surface area contributed by atoms with Crippen molar-refractivity contribution in [2.45, 2.75) is 6.18 Å². The summed E-state index contributed by atoms with van der Waals surface area (Å²) in [5, 5.41) is 9.35. The predicted molar refractivity (Wildman–Crippen MR) is 80.0 cm³/mol. The number of aromatic hydroxyl groups is 1. The quantitative estimate of drug-likeness (QED) is 0.793. The average molecular weight is 335 g/mol. The molecule has 0 fully saturated rings. The van der Waals surface area contributed by atoms with Crippen LogP contribution < -0.4 is 4.74 Å². The Labute approximate surface area is 135 Å². The molecule has 0 saturated carbocycles. The van der Waals surface area contributed by atoms with E-state index < -0.39 is 11.9 Å². The lowest BCUT2D eigenvalue weighted by molar-refractivity contribution is -0.140. The number of alkyl halides is 3. The Hall–Kier alpha value is -3.03. The summed E-state index contributed by atoms with van der Waals surface area (Å²) < 4.78 is 45.4. The highest BCUT2D eigenvalue weighted by Crippen LogP contribution is 2.32. The maximum Gasteiger partial charge on any atom is 0.434 e. The molecule has 0 bridgehead atoms. The van der Waals surface area contributed by atoms with Crippen LogP contribution in [0.3, 0.4) is 0 Å². The zero-order valence-electron chi connectivity index (χ0n) is 12.4. The number of nitrogens with zero attached hydrogens (tertiary/aromatic N) is 3. The van der Waals surface area contributed by atoms with Gasteiger partial charge in [-0.1, -0.05) is 0 Å². The molecule has 24 heavy (non-hydrogen) atoms. The van der Waals surface area contributed by atoms with Crippen molar-refractivity contribution in [3.8, 4) is 28.7 Å². The summed E-state index contributed by atoms with van der Waals surface area (Å²) >= 11 is 0. The molecule has 0 amide bonds. The van der Waals surface area contributed by atoms with Crippen LogP contribution in [0.1, 0.15) is 5.69 Å². The lowest BCUT2D eigenvalue weighted by Gasteiger charge is -2.08. The van der Waals surface area contributed by atoms with Crippen molar-refractivity contribution in [2.75, 3.05) is 7.11 Å². The van der Waals surface area contributed by atoms with Crippen molar-refractivity contribution in [2.24, 2.45) is 0 Å². The smallest absolute Gasteiger partial charge is 0.434 e. The van der Waals surface area contributed by atoms with Crippen molar-refractivity contribution < 1.29 is 23.0 Å². The SMILES string of the molecule is COc1ccc(-c2nc(C(F)(F)F)cn2-c2ccc(O)cc2)cn1. The minimum absolute atomic E-state index is 0.0163. The van der Waals surface area contributed by atoms with E-state index in [1.807, 2.05) is 0 Å². The van der Waals surface area contributed by atoms with E-state index in [-0.39, 0.29) is 11.6 Å². The van der Waals surface area contributed by atoms with Crippen LogP contribution in [-0.4, -0.2) is 26.8 Å². The van der Waals surface area contributed by atoms with Gasteiger partial charge in [0, 0.05) is 29.7 Å². The Balaban J connectivity index is 2.15. The highest BCUT2D eigenvalue weighted by molar-refractivity contribution is 5.59. The molecule has 0 aliphatic carbocycles. The molecule has 0 radical (unpaired) electrons. The number of hydrogen-bond donors (Lipinski definition) is 1. The van der Waals surface area contributed by atoms with Crippen LogP contribution in [0.4, 0.5) is 13.2 Å². The first-order valence-electron chi connectivity index (χ1n) is 6.85. The van der Waals surface area contributed by atoms with E-state index >= 15 is 0 Å². The fourth-order valence-electron chi connectivity index (χ4n) is 2.16. The van der Waals surface area contributed by atoms with Gasteiger partial charge in [0.25, 0.3) is 0 Å². The first-order valence-corrected chi connectivity index (χ1v) is 6.85. The van der Waals surface area contributed by atoms with Crippen molar-refractivity contribution in [3.05, 3.63) is 54.5 Å². The molecular formula is C16H12F3N3O2. The summed E-state index contributed by atoms with van der Waals surface area (Å²) in [4.78, 5) is 7.70. The highest BCUT2D eigenvalue weighted by Gasteiger charge is 2.35. The molecule has 3 aromatic rings. The van der Waals surface area contributed by atoms with Gasteiger partial charge in [-0.15, -0.1) is 0 Å². The maximum absolute atomic E-state index is 13.0. The fraction of sp³-hybridized carbons (Fsp3) is 0.125. The van der Waals surface area contributed by atoms with Crippen LogP contribution in [0.2, 0.25) is 0 Å². The van der Waals surface area contributed by atoms with Gasteiger partial charge in [0.1, 0.15) is 11.6 Å². The molecule has 0 atom stereocenters. The van der Waals surface area contributed by atoms with E-state index in [1.165, 1.54) is 42.1 Å². The summed E-state index contributed by atoms with van der Waals surface area (Å²) in [6.45, 7) is 0. The number of imidazole rings is 1. The second-order valence-electron chi connectivity index (χ2n) is 4.92. The predicted octanol–water partition coefficient (Wildman–Crippen LogP) is 3.67. The molecule has 0 saturated heterocycles. The Morgan fingerprint density at radius 3 is 2.33 bits per heavy atom. The number of benzene rings is 1. The van der Waals surface area contributed by atoms with Gasteiger partial charge >= 0.3 is 6.18 Å². The van der Waals surface area contributed by atoms with Gasteiger partial charge in [-0.25, -0.2) is 9.97 Å². The van der Waals surface area contributed by atoms with Crippen LogP contribution in [0, 0.1) is 0 Å². The minimum atomic E-state index is -4.57. The lowest BCUT2D eigenvalue weighted by Crippen LogP contribution is -2.05. The highest BCUT2D eigenvalue weighted by atomic mass is 19.4. The monoisotopic (exact) mass is 335 g/mol. The average Bonchev–Trinajstić information content (AvgIpc) is 3.01. The van der Waals surface area contributed by atoms with Crippen molar-refractivity contribution in [1.82, 2.24) is 14.5 Å². The van der Waals surface area contributed by atoms with Gasteiger partial charge in [0.15, 0.2) is 5.69 Å². The Morgan fingerprint density at radius 1 is 1.08 bits per heavy atom. The molecule has 0 unspecified atom stereocenters. The maximum atomic E-state index is 13.0. The largest absolute Gasteiger partial charge is 0.508 e. The van der Waals surface area contributed by atoms with Gasteiger partial charge in [-0.3, -0.25) is 4.57 Å². The summed E-state index contributed by atoms with van der Waals surface area (Å²) in [5.41, 5.74) is -0.178. The zero-order valence-corrected chi connectivity index (χ0v) is 12.4. The Bertz CT molecular complexity index is 840. The summed E-state index contributed by atoms with van der Waals surface area (Å²) in [6, 6.07) is 8.89. The molecule has 1 N–H and O–H groups in total. The number of phenolic OH excluding ortho intramolecular Hbond substituents is 1. The molecule has 3 rings (SSSR count). The zero-order chi connectivity index (χ0) is 17.3. The van der Waals surface area contributed by atoms with Gasteiger partial charge < -0.3 is 9.84 Å². The molecule has 8 heteroatoms. The standard InChI is InChI=1S/C16H12F3N3O2/c1-24-14-7-2-10(8-20-14)15-21-13(16(17,18)19)9-22(15)11-3-5-12(23)6-4-11/h2-9,23H,1H3. The van der Waals surface area contributed by atoms with E-state index in [1.54, 1.807) is 12.1 Å². The fourth-order valence-corrected chi connectivity index (χ4v) is 2.16. The number of methoxy groups -OCH3 is 1. The van der Waals surface area contributed by atoms with Crippen LogP contribution in [0.25, 0.3) is 17.1 Å². The normalized spacial score (nSPS) is 11.5. The molecule has 124 valence electrons. The summed E-state index contributed by atoms with van der Waals surface area (Å²) in [5.74, 6) is 0.447. The third kappa shape index (κ3) is 3.03. The Morgan fingerprint density at radius 2 is 1.79 bits per heavy atom. The van der Waals surface area contributed by atoms with E-state index in [2.05, 4.69) is 9.97 Å². The molecule has 5 nitrogen and oxygen atoms in total.